The molecule has 1 aliphatic carbocycles. The van der Waals surface area contributed by atoms with Crippen molar-refractivity contribution < 1.29 is 49.1 Å². The molecule has 0 bridgehead atoms. The molecule has 0 spiro atoms. The van der Waals surface area contributed by atoms with E-state index in [4.69, 9.17) is 4.42 Å². The molecular weight excluding hydrogens is 638 g/mol. The van der Waals surface area contributed by atoms with E-state index in [1.165, 1.54) is 18.6 Å². The predicted molar refractivity (Wildman–Crippen MR) is 147 cm³/mol. The number of sulfonamides is 1. The van der Waals surface area contributed by atoms with Crippen LogP contribution in [-0.4, -0.2) is 46.9 Å². The molecule has 4 rings (SSSR count). The first-order chi connectivity index (χ1) is 20.4. The molecule has 44 heavy (non-hydrogen) atoms. The van der Waals surface area contributed by atoms with E-state index < -0.39 is 68.3 Å². The Morgan fingerprint density at radius 3 is 2.41 bits per heavy atom. The first-order valence-corrected chi connectivity index (χ1v) is 16.0. The zero-order valence-electron chi connectivity index (χ0n) is 23.8. The van der Waals surface area contributed by atoms with E-state index in [2.05, 4.69) is 15.2 Å². The summed E-state index contributed by atoms with van der Waals surface area (Å²) in [4.78, 5) is 14.8. The molecule has 0 saturated heterocycles. The summed E-state index contributed by atoms with van der Waals surface area (Å²) in [5, 5.41) is 17.3. The lowest BCUT2D eigenvalue weighted by Gasteiger charge is -2.21. The maximum Gasteiger partial charge on any atom is 0.404 e. The van der Waals surface area contributed by atoms with Crippen LogP contribution in [0.1, 0.15) is 76.4 Å². The van der Waals surface area contributed by atoms with Gasteiger partial charge in [0.05, 0.1) is 26.4 Å². The van der Waals surface area contributed by atoms with Crippen molar-refractivity contribution >= 4 is 27.3 Å². The Morgan fingerprint density at radius 2 is 1.84 bits per heavy atom. The molecule has 0 aliphatic heterocycles. The largest absolute Gasteiger partial charge is 0.481 e. The fourth-order valence-corrected chi connectivity index (χ4v) is 7.52. The van der Waals surface area contributed by atoms with E-state index in [1.54, 1.807) is 0 Å². The van der Waals surface area contributed by atoms with Crippen LogP contribution < -0.4 is 4.72 Å². The molecule has 1 aromatic carbocycles. The summed E-state index contributed by atoms with van der Waals surface area (Å²) in [5.41, 5.74) is -2.89. The quantitative estimate of drug-likeness (QED) is 0.198. The van der Waals surface area contributed by atoms with Crippen LogP contribution in [0.25, 0.3) is 21.3 Å². The van der Waals surface area contributed by atoms with Gasteiger partial charge in [-0.15, -0.1) is 21.5 Å². The number of alkyl halides is 5. The number of nitrogens with zero attached hydrogens (tertiary/aromatic N) is 3. The third-order valence-corrected chi connectivity index (χ3v) is 10.1. The standard InChI is InChI=1S/C27H30F6N4O5S2/c1-4-17(27(31,32)33)37-44(40,41)16-10-9-14(20(28)19(16)22(29)30)21-15(11-13-7-5-6-8-13)34-24(43-21)23-36-35-18(42-23)12-26(2,3)25(38)39/h9-10,13,17,22,37H,4-8,11-12H2,1-3H3,(H,38,39). The first kappa shape index (κ1) is 33.8. The van der Waals surface area contributed by atoms with E-state index in [9.17, 15) is 40.3 Å². The molecule has 1 aliphatic rings. The van der Waals surface area contributed by atoms with Gasteiger partial charge >= 0.3 is 12.1 Å². The van der Waals surface area contributed by atoms with Crippen LogP contribution >= 0.6 is 11.3 Å². The van der Waals surface area contributed by atoms with Gasteiger partial charge in [-0.1, -0.05) is 32.6 Å². The maximum absolute atomic E-state index is 15.9. The van der Waals surface area contributed by atoms with Crippen LogP contribution in [0, 0.1) is 17.2 Å². The van der Waals surface area contributed by atoms with E-state index in [0.717, 1.165) is 50.0 Å². The monoisotopic (exact) mass is 668 g/mol. The minimum Gasteiger partial charge on any atom is -0.481 e. The van der Waals surface area contributed by atoms with Gasteiger partial charge in [-0.25, -0.2) is 26.6 Å². The Kier molecular flexibility index (Phi) is 9.80. The van der Waals surface area contributed by atoms with Gasteiger partial charge in [0.1, 0.15) is 11.9 Å². The van der Waals surface area contributed by atoms with Crippen molar-refractivity contribution in [2.24, 2.45) is 11.3 Å². The third-order valence-electron chi connectivity index (χ3n) is 7.47. The lowest BCUT2D eigenvalue weighted by atomic mass is 9.90. The summed E-state index contributed by atoms with van der Waals surface area (Å²) < 4.78 is 117. The second-order valence-corrected chi connectivity index (χ2v) is 14.0. The highest BCUT2D eigenvalue weighted by Gasteiger charge is 2.42. The van der Waals surface area contributed by atoms with Crippen molar-refractivity contribution in [1.29, 1.82) is 0 Å². The maximum atomic E-state index is 15.9. The lowest BCUT2D eigenvalue weighted by molar-refractivity contribution is -0.151. The number of carbonyl (C=O) groups is 1. The van der Waals surface area contributed by atoms with Crippen molar-refractivity contribution in [3.63, 3.8) is 0 Å². The zero-order valence-corrected chi connectivity index (χ0v) is 25.5. The molecule has 242 valence electrons. The van der Waals surface area contributed by atoms with Crippen molar-refractivity contribution in [2.45, 2.75) is 89.3 Å². The summed E-state index contributed by atoms with van der Waals surface area (Å²) in [5.74, 6) is -2.66. The van der Waals surface area contributed by atoms with Crippen molar-refractivity contribution in [1.82, 2.24) is 19.9 Å². The second kappa shape index (κ2) is 12.7. The number of aromatic nitrogens is 3. The smallest absolute Gasteiger partial charge is 0.404 e. The van der Waals surface area contributed by atoms with Gasteiger partial charge in [0, 0.05) is 12.0 Å². The van der Waals surface area contributed by atoms with Crippen LogP contribution in [-0.2, 0) is 27.7 Å². The SMILES string of the molecule is CCC(NS(=O)(=O)c1ccc(-c2sc(-c3nnc(CC(C)(C)C(=O)O)o3)nc2CC2CCCC2)c(F)c1C(F)F)C(F)(F)F. The summed E-state index contributed by atoms with van der Waals surface area (Å²) in [7, 11) is -5.21. The van der Waals surface area contributed by atoms with Gasteiger partial charge in [-0.3, -0.25) is 4.79 Å². The first-order valence-electron chi connectivity index (χ1n) is 13.7. The van der Waals surface area contributed by atoms with Gasteiger partial charge < -0.3 is 9.52 Å². The van der Waals surface area contributed by atoms with Crippen LogP contribution in [0.3, 0.4) is 0 Å². The number of nitrogens with one attached hydrogen (secondary N) is 1. The molecule has 1 fully saturated rings. The highest BCUT2D eigenvalue weighted by Crippen LogP contribution is 2.43. The molecular formula is C27H30F6N4O5S2. The van der Waals surface area contributed by atoms with Crippen LogP contribution in [0.4, 0.5) is 26.3 Å². The predicted octanol–water partition coefficient (Wildman–Crippen LogP) is 6.94. The molecule has 1 atom stereocenters. The molecule has 3 aromatic rings. The molecule has 1 unspecified atom stereocenters. The summed E-state index contributed by atoms with van der Waals surface area (Å²) in [6, 6.07) is -0.986. The average molecular weight is 669 g/mol. The summed E-state index contributed by atoms with van der Waals surface area (Å²) in [6.07, 6.45) is -5.54. The minimum atomic E-state index is -5.21. The topological polar surface area (TPSA) is 135 Å². The van der Waals surface area contributed by atoms with Crippen LogP contribution in [0.5, 0.6) is 0 Å². The number of rotatable bonds is 12. The molecule has 2 aromatic heterocycles. The van der Waals surface area contributed by atoms with Gasteiger partial charge in [-0.05, 0) is 44.7 Å². The normalized spacial score (nSPS) is 15.8. The van der Waals surface area contributed by atoms with Crippen LogP contribution in [0.15, 0.2) is 21.4 Å². The molecule has 0 amide bonds. The van der Waals surface area contributed by atoms with E-state index in [1.807, 2.05) is 0 Å². The summed E-state index contributed by atoms with van der Waals surface area (Å²) in [6.45, 7) is 3.99. The molecule has 1 saturated carbocycles. The van der Waals surface area contributed by atoms with E-state index in [-0.39, 0.29) is 34.0 Å². The van der Waals surface area contributed by atoms with Crippen LogP contribution in [0.2, 0.25) is 0 Å². The Balaban J connectivity index is 1.79. The average Bonchev–Trinajstić information content (AvgIpc) is 3.68. The van der Waals surface area contributed by atoms with Crippen molar-refractivity contribution in [3.8, 4) is 21.3 Å². The molecule has 2 N–H and O–H groups in total. The van der Waals surface area contributed by atoms with Gasteiger partial charge in [0.15, 0.2) is 5.01 Å². The summed E-state index contributed by atoms with van der Waals surface area (Å²) >= 11 is 0.830. The minimum absolute atomic E-state index is 0.000963. The Bertz CT molecular complexity index is 1610. The Labute approximate surface area is 253 Å². The van der Waals surface area contributed by atoms with Gasteiger partial charge in [0.25, 0.3) is 12.3 Å². The number of benzene rings is 1. The molecule has 9 nitrogen and oxygen atoms in total. The number of carboxylic acid groups (broad SMARTS) is 1. The number of carboxylic acids is 1. The fourth-order valence-electron chi connectivity index (χ4n) is 4.97. The number of aliphatic carboxylic acids is 1. The number of hydrogen-bond donors (Lipinski definition) is 2. The zero-order chi connectivity index (χ0) is 32.6. The Morgan fingerprint density at radius 1 is 1.18 bits per heavy atom. The highest BCUT2D eigenvalue weighted by atomic mass is 32.2. The van der Waals surface area contributed by atoms with E-state index in [0.29, 0.717) is 18.2 Å². The van der Waals surface area contributed by atoms with Crippen molar-refractivity contribution in [3.05, 3.63) is 35.1 Å². The second-order valence-electron chi connectivity index (χ2n) is 11.3. The van der Waals surface area contributed by atoms with Gasteiger partial charge in [0.2, 0.25) is 15.9 Å². The molecule has 0 radical (unpaired) electrons. The number of thiazole rings is 1. The number of halogens is 6. The fraction of sp³-hybridized carbons (Fsp3) is 0.556. The van der Waals surface area contributed by atoms with Crippen molar-refractivity contribution in [2.75, 3.05) is 0 Å². The Hall–Kier alpha value is -3.05. The number of hydrogen-bond acceptors (Lipinski definition) is 8. The van der Waals surface area contributed by atoms with E-state index >= 15 is 4.39 Å². The molecule has 17 heteroatoms. The van der Waals surface area contributed by atoms with Gasteiger partial charge in [-0.2, -0.15) is 17.9 Å². The third kappa shape index (κ3) is 7.25. The molecule has 2 heterocycles. The lowest BCUT2D eigenvalue weighted by Crippen LogP contribution is -2.45. The highest BCUT2D eigenvalue weighted by molar-refractivity contribution is 7.89.